The number of fused-ring (bicyclic) bond motifs is 1. The summed E-state index contributed by atoms with van der Waals surface area (Å²) in [7, 11) is -3.26. The lowest BCUT2D eigenvalue weighted by Gasteiger charge is -2.18. The molecule has 0 radical (unpaired) electrons. The Bertz CT molecular complexity index is 1050. The number of aromatic nitrogens is 2. The standard InChI is InChI=1S/C19H23N5O2S/c1-27(25,26)23-17-4-2-3-14(9-17)12-24-8-7-18(13-24)21-16-5-6-19-15(10-16)11-20-22-19/h2-6,9-11,18,21,23H,7-8,12-13H2,1H3,(H,20,22)/t18-/m1/s1. The maximum absolute atomic E-state index is 11.4. The molecule has 2 aromatic carbocycles. The van der Waals surface area contributed by atoms with E-state index >= 15 is 0 Å². The first kappa shape index (κ1) is 17.8. The lowest BCUT2D eigenvalue weighted by Crippen LogP contribution is -2.26. The van der Waals surface area contributed by atoms with Crippen molar-refractivity contribution in [2.24, 2.45) is 0 Å². The number of aromatic amines is 1. The summed E-state index contributed by atoms with van der Waals surface area (Å²) in [6.45, 7) is 2.76. The zero-order valence-corrected chi connectivity index (χ0v) is 16.0. The number of likely N-dealkylation sites (tertiary alicyclic amines) is 1. The predicted octanol–water partition coefficient (Wildman–Crippen LogP) is 2.62. The summed E-state index contributed by atoms with van der Waals surface area (Å²) >= 11 is 0. The van der Waals surface area contributed by atoms with Gasteiger partial charge in [-0.25, -0.2) is 8.42 Å². The van der Waals surface area contributed by atoms with Crippen molar-refractivity contribution in [1.29, 1.82) is 0 Å². The highest BCUT2D eigenvalue weighted by atomic mass is 32.2. The van der Waals surface area contributed by atoms with Crippen molar-refractivity contribution >= 4 is 32.3 Å². The molecule has 1 aliphatic heterocycles. The molecule has 0 amide bonds. The van der Waals surface area contributed by atoms with Crippen LogP contribution in [0, 0.1) is 0 Å². The Labute approximate surface area is 158 Å². The van der Waals surface area contributed by atoms with Gasteiger partial charge in [0.15, 0.2) is 0 Å². The van der Waals surface area contributed by atoms with Gasteiger partial charge in [0.2, 0.25) is 10.0 Å². The van der Waals surface area contributed by atoms with Crippen LogP contribution >= 0.6 is 0 Å². The van der Waals surface area contributed by atoms with Crippen molar-refractivity contribution < 1.29 is 8.42 Å². The Morgan fingerprint density at radius 1 is 1.22 bits per heavy atom. The molecule has 142 valence electrons. The van der Waals surface area contributed by atoms with E-state index in [1.54, 1.807) is 6.07 Å². The van der Waals surface area contributed by atoms with E-state index in [1.165, 1.54) is 0 Å². The molecule has 1 aliphatic rings. The molecule has 0 aliphatic carbocycles. The first-order chi connectivity index (χ1) is 12.9. The van der Waals surface area contributed by atoms with Crippen LogP contribution in [0.2, 0.25) is 0 Å². The molecule has 0 bridgehead atoms. The van der Waals surface area contributed by atoms with E-state index in [1.807, 2.05) is 30.5 Å². The lowest BCUT2D eigenvalue weighted by atomic mass is 10.2. The Kier molecular flexibility index (Phi) is 4.75. The molecule has 1 saturated heterocycles. The summed E-state index contributed by atoms with van der Waals surface area (Å²) in [6.07, 6.45) is 4.07. The van der Waals surface area contributed by atoms with Gasteiger partial charge in [-0.15, -0.1) is 0 Å². The largest absolute Gasteiger partial charge is 0.381 e. The Morgan fingerprint density at radius 3 is 2.96 bits per heavy atom. The van der Waals surface area contributed by atoms with Crippen LogP contribution in [0.5, 0.6) is 0 Å². The fourth-order valence-corrected chi connectivity index (χ4v) is 4.12. The molecule has 8 heteroatoms. The molecule has 0 saturated carbocycles. The van der Waals surface area contributed by atoms with Crippen molar-refractivity contribution in [3.63, 3.8) is 0 Å². The second kappa shape index (κ2) is 7.21. The smallest absolute Gasteiger partial charge is 0.229 e. The minimum Gasteiger partial charge on any atom is -0.381 e. The Morgan fingerprint density at radius 2 is 2.11 bits per heavy atom. The topological polar surface area (TPSA) is 90.1 Å². The molecule has 7 nitrogen and oxygen atoms in total. The molecular weight excluding hydrogens is 362 g/mol. The molecule has 27 heavy (non-hydrogen) atoms. The third kappa shape index (κ3) is 4.58. The second-order valence-corrected chi connectivity index (χ2v) is 8.86. The Balaban J connectivity index is 1.36. The molecular formula is C19H23N5O2S. The van der Waals surface area contributed by atoms with Crippen LogP contribution in [-0.2, 0) is 16.6 Å². The summed E-state index contributed by atoms with van der Waals surface area (Å²) in [5, 5.41) is 11.7. The Hall–Kier alpha value is -2.58. The summed E-state index contributed by atoms with van der Waals surface area (Å²) in [6, 6.07) is 14.2. The van der Waals surface area contributed by atoms with Gasteiger partial charge < -0.3 is 5.32 Å². The quantitative estimate of drug-likeness (QED) is 0.607. The molecule has 1 fully saturated rings. The van der Waals surface area contributed by atoms with E-state index < -0.39 is 10.0 Å². The third-order valence-electron chi connectivity index (χ3n) is 4.72. The summed E-state index contributed by atoms with van der Waals surface area (Å²) in [4.78, 5) is 2.38. The number of nitrogens with one attached hydrogen (secondary N) is 3. The number of H-pyrrole nitrogens is 1. The SMILES string of the molecule is CS(=O)(=O)Nc1cccc(CN2CC[C@@H](Nc3ccc4[nH]ncc4c3)C2)c1. The molecule has 1 atom stereocenters. The summed E-state index contributed by atoms with van der Waals surface area (Å²) in [5.41, 5.74) is 3.85. The van der Waals surface area contributed by atoms with E-state index in [0.717, 1.165) is 54.5 Å². The van der Waals surface area contributed by atoms with Gasteiger partial charge in [-0.1, -0.05) is 12.1 Å². The van der Waals surface area contributed by atoms with Crippen LogP contribution in [0.15, 0.2) is 48.7 Å². The fourth-order valence-electron chi connectivity index (χ4n) is 3.57. The fraction of sp³-hybridized carbons (Fsp3) is 0.316. The number of sulfonamides is 1. The molecule has 3 N–H and O–H groups in total. The highest BCUT2D eigenvalue weighted by molar-refractivity contribution is 7.92. The average Bonchev–Trinajstić information content (AvgIpc) is 3.22. The van der Waals surface area contributed by atoms with Crippen LogP contribution in [0.25, 0.3) is 10.9 Å². The maximum Gasteiger partial charge on any atom is 0.229 e. The molecule has 0 unspecified atom stereocenters. The van der Waals surface area contributed by atoms with Gasteiger partial charge in [0.1, 0.15) is 0 Å². The maximum atomic E-state index is 11.4. The van der Waals surface area contributed by atoms with Crippen molar-refractivity contribution in [3.8, 4) is 0 Å². The first-order valence-electron chi connectivity index (χ1n) is 8.93. The van der Waals surface area contributed by atoms with Gasteiger partial charge in [-0.05, 0) is 42.3 Å². The van der Waals surface area contributed by atoms with E-state index in [0.29, 0.717) is 11.7 Å². The molecule has 4 rings (SSSR count). The van der Waals surface area contributed by atoms with E-state index in [2.05, 4.69) is 37.3 Å². The number of nitrogens with zero attached hydrogens (tertiary/aromatic N) is 2. The normalized spacial score (nSPS) is 18.0. The van der Waals surface area contributed by atoms with Crippen molar-refractivity contribution in [3.05, 3.63) is 54.2 Å². The van der Waals surface area contributed by atoms with Crippen molar-refractivity contribution in [2.45, 2.75) is 19.0 Å². The van der Waals surface area contributed by atoms with Gasteiger partial charge in [0.05, 0.1) is 18.0 Å². The van der Waals surface area contributed by atoms with Crippen molar-refractivity contribution in [1.82, 2.24) is 15.1 Å². The molecule has 3 aromatic rings. The number of hydrogen-bond donors (Lipinski definition) is 3. The number of hydrogen-bond acceptors (Lipinski definition) is 5. The third-order valence-corrected chi connectivity index (χ3v) is 5.33. The minimum atomic E-state index is -3.26. The van der Waals surface area contributed by atoms with Gasteiger partial charge in [0, 0.05) is 42.4 Å². The summed E-state index contributed by atoms with van der Waals surface area (Å²) < 4.78 is 25.3. The predicted molar refractivity (Wildman–Crippen MR) is 108 cm³/mol. The first-order valence-corrected chi connectivity index (χ1v) is 10.8. The van der Waals surface area contributed by atoms with E-state index in [-0.39, 0.29) is 0 Å². The average molecular weight is 385 g/mol. The minimum absolute atomic E-state index is 0.395. The van der Waals surface area contributed by atoms with Gasteiger partial charge in [-0.2, -0.15) is 5.10 Å². The van der Waals surface area contributed by atoms with E-state index in [4.69, 9.17) is 0 Å². The van der Waals surface area contributed by atoms with Gasteiger partial charge >= 0.3 is 0 Å². The van der Waals surface area contributed by atoms with Crippen molar-refractivity contribution in [2.75, 3.05) is 29.4 Å². The molecule has 1 aromatic heterocycles. The van der Waals surface area contributed by atoms with Gasteiger partial charge in [-0.3, -0.25) is 14.7 Å². The van der Waals surface area contributed by atoms with Gasteiger partial charge in [0.25, 0.3) is 0 Å². The zero-order chi connectivity index (χ0) is 18.9. The number of rotatable bonds is 6. The highest BCUT2D eigenvalue weighted by Crippen LogP contribution is 2.22. The lowest BCUT2D eigenvalue weighted by molar-refractivity contribution is 0.329. The van der Waals surface area contributed by atoms with Crippen LogP contribution in [0.1, 0.15) is 12.0 Å². The highest BCUT2D eigenvalue weighted by Gasteiger charge is 2.22. The van der Waals surface area contributed by atoms with Crippen LogP contribution in [0.3, 0.4) is 0 Å². The zero-order valence-electron chi connectivity index (χ0n) is 15.1. The molecule has 2 heterocycles. The number of benzene rings is 2. The van der Waals surface area contributed by atoms with Crippen LogP contribution in [0.4, 0.5) is 11.4 Å². The van der Waals surface area contributed by atoms with Crippen LogP contribution < -0.4 is 10.0 Å². The second-order valence-electron chi connectivity index (χ2n) is 7.11. The monoisotopic (exact) mass is 385 g/mol. The molecule has 0 spiro atoms. The van der Waals surface area contributed by atoms with E-state index in [9.17, 15) is 8.42 Å². The van der Waals surface area contributed by atoms with Crippen LogP contribution in [-0.4, -0.2) is 48.9 Å². The number of anilines is 2. The summed E-state index contributed by atoms with van der Waals surface area (Å²) in [5.74, 6) is 0.